The van der Waals surface area contributed by atoms with Crippen LogP contribution in [0.4, 0.5) is 34.1 Å². The van der Waals surface area contributed by atoms with Gasteiger partial charge in [-0.15, -0.1) is 83.1 Å². The molecule has 0 aliphatic heterocycles. The number of anilines is 6. The average Bonchev–Trinajstić information content (AvgIpc) is 1.48. The summed E-state index contributed by atoms with van der Waals surface area (Å²) in [6.07, 6.45) is 3.73. The minimum atomic E-state index is 0. The molecule has 0 atom stereocenters. The van der Waals surface area contributed by atoms with Gasteiger partial charge in [0.25, 0.3) is 0 Å². The summed E-state index contributed by atoms with van der Waals surface area (Å²) >= 11 is 1.91. The van der Waals surface area contributed by atoms with Crippen LogP contribution in [0.3, 0.4) is 0 Å². The largest absolute Gasteiger partial charge is 0.311 e. The van der Waals surface area contributed by atoms with Crippen LogP contribution in [0.2, 0.25) is 0 Å². The van der Waals surface area contributed by atoms with Crippen molar-refractivity contribution in [1.29, 1.82) is 0 Å². The summed E-state index contributed by atoms with van der Waals surface area (Å²) in [6.45, 7) is 2.12. The van der Waals surface area contributed by atoms with Gasteiger partial charge in [-0.1, -0.05) is 413 Å². The Labute approximate surface area is 853 Å². The molecule has 3 heterocycles. The summed E-state index contributed by atoms with van der Waals surface area (Å²) in [5.41, 5.74) is 35.9. The van der Waals surface area contributed by atoms with E-state index in [0.29, 0.717) is 0 Å². The van der Waals surface area contributed by atoms with E-state index in [1.165, 1.54) is 147 Å². The summed E-state index contributed by atoms with van der Waals surface area (Å²) in [4.78, 5) is 13.5. The summed E-state index contributed by atoms with van der Waals surface area (Å²) in [5, 5.41) is 10.5. The topological polar surface area (TPSA) is 32.3 Å². The zero-order valence-electron chi connectivity index (χ0n) is 78.7. The van der Waals surface area contributed by atoms with E-state index < -0.39 is 0 Å². The number of fused-ring (bicyclic) bond motifs is 9. The van der Waals surface area contributed by atoms with Gasteiger partial charge in [0.1, 0.15) is 0 Å². The van der Waals surface area contributed by atoms with Crippen molar-refractivity contribution in [2.45, 2.75) is 6.92 Å². The van der Waals surface area contributed by atoms with Crippen LogP contribution in [0.5, 0.6) is 0 Å². The summed E-state index contributed by atoms with van der Waals surface area (Å²) < 4.78 is 2.69. The second kappa shape index (κ2) is 43.2. The smallest absolute Gasteiger partial charge is 0.0540 e. The number of pyridine rings is 2. The van der Waals surface area contributed by atoms with E-state index in [2.05, 4.69) is 506 Å². The molecule has 0 unspecified atom stereocenters. The fourth-order valence-electron chi connectivity index (χ4n) is 19.3. The Morgan fingerprint density at radius 2 is 0.503 bits per heavy atom. The minimum Gasteiger partial charge on any atom is -0.311 e. The predicted octanol–water partition coefficient (Wildman–Crippen LogP) is 38.2. The van der Waals surface area contributed by atoms with Crippen LogP contribution in [0, 0.1) is 19.1 Å². The van der Waals surface area contributed by atoms with E-state index in [4.69, 9.17) is 0 Å². The van der Waals surface area contributed by atoms with E-state index in [1.54, 1.807) is 6.20 Å². The monoisotopic (exact) mass is 2020 g/mol. The third-order valence-corrected chi connectivity index (χ3v) is 27.7. The van der Waals surface area contributed by atoms with Crippen LogP contribution >= 0.6 is 11.3 Å². The molecule has 6 heteroatoms. The molecule has 0 fully saturated rings. The molecule has 143 heavy (non-hydrogen) atoms. The van der Waals surface area contributed by atoms with Gasteiger partial charge in [0, 0.05) is 92.2 Å². The molecule has 0 saturated heterocycles. The number of nitrogens with zero attached hydrogens (tertiary/aromatic N) is 4. The van der Waals surface area contributed by atoms with Gasteiger partial charge in [0.05, 0.1) is 5.69 Å². The fraction of sp³-hybridized carbons (Fsp3) is 0.00730. The molecule has 3 aromatic heterocycles. The number of aryl methyl sites for hydroxylation is 1. The molecule has 25 rings (SSSR count). The van der Waals surface area contributed by atoms with Crippen molar-refractivity contribution in [2.24, 2.45) is 0 Å². The van der Waals surface area contributed by atoms with E-state index in [0.717, 1.165) is 78.9 Å². The zero-order chi connectivity index (χ0) is 95.1. The average molecular weight is 2020 g/mol. The number of benzene rings is 22. The number of rotatable bonds is 18. The fourth-order valence-corrected chi connectivity index (χ4v) is 20.6. The number of aromatic nitrogens is 2. The molecule has 0 saturated carbocycles. The predicted molar refractivity (Wildman–Crippen MR) is 604 cm³/mol. The molecular weight excluding hydrogens is 1930 g/mol. The van der Waals surface area contributed by atoms with Crippen LogP contribution in [-0.4, -0.2) is 9.97 Å². The maximum Gasteiger partial charge on any atom is 0.0540 e. The standard InChI is InChI=1S/C66H48N2.C42H26S.C18H14N.C11H8N.Ir/c1-6-16-49(17-7-1)53-26-37-60(38-27-53)67(61-39-28-54(29-40-61)50-18-8-2-9-19-50)62-41-30-56(31-42-62)57-34-45-64(46-35-57)68(63-43-32-55(33-44-63)51-20-10-3-11-21-51)66-47-36-59(52-22-12-4-13-23-52)48-65(66)58-24-14-5-15-25-58;1-2-11-27(12-3-1)31-19-9-21-38-39-22-10-20-32(42(39)43-41(31)38)30-14-8-13-28(25-30)29-23-24-37-35-17-5-4-15-33(35)34-16-6-7-18-36(34)40(37)26-29;1-14-12-18(16-10-6-3-7-11-16)19-13-17(14)15-8-4-2-5-9-15;1-2-6-10(7-3-1)11-8-4-5-9-12-11;/h1-48H;1-26H;2-10,12-13H,1H3;1-6,8-9H;/q;;2*-1;. The van der Waals surface area contributed by atoms with Gasteiger partial charge in [-0.25, -0.2) is 0 Å². The first-order chi connectivity index (χ1) is 70.4. The molecule has 0 spiro atoms. The minimum absolute atomic E-state index is 0. The third-order valence-electron chi connectivity index (χ3n) is 26.4. The Bertz CT molecular complexity index is 8450. The number of hydrogen-bond acceptors (Lipinski definition) is 5. The van der Waals surface area contributed by atoms with Crippen LogP contribution in [0.15, 0.2) is 564 Å². The first-order valence-corrected chi connectivity index (χ1v) is 49.0. The molecule has 1 radical (unpaired) electrons. The Morgan fingerprint density at radius 1 is 0.196 bits per heavy atom. The molecule has 22 aromatic carbocycles. The Hall–Kier alpha value is -17.6. The molecule has 0 aliphatic carbocycles. The molecule has 0 bridgehead atoms. The van der Waals surface area contributed by atoms with Crippen LogP contribution in [0.1, 0.15) is 5.56 Å². The van der Waals surface area contributed by atoms with E-state index >= 15 is 0 Å². The van der Waals surface area contributed by atoms with Gasteiger partial charge in [-0.2, -0.15) is 0 Å². The van der Waals surface area contributed by atoms with Crippen LogP contribution in [0.25, 0.3) is 186 Å². The van der Waals surface area contributed by atoms with Gasteiger partial charge in [-0.05, 0) is 247 Å². The maximum atomic E-state index is 4.55. The quantitative estimate of drug-likeness (QED) is 0.0633. The zero-order valence-corrected chi connectivity index (χ0v) is 81.9. The summed E-state index contributed by atoms with van der Waals surface area (Å²) in [7, 11) is 0. The van der Waals surface area contributed by atoms with Crippen molar-refractivity contribution in [3.05, 3.63) is 582 Å². The second-order valence-corrected chi connectivity index (χ2v) is 36.3. The van der Waals surface area contributed by atoms with Crippen molar-refractivity contribution >= 4 is 98.0 Å². The van der Waals surface area contributed by atoms with Crippen molar-refractivity contribution in [1.82, 2.24) is 9.97 Å². The number of thiophene rings is 1. The van der Waals surface area contributed by atoms with Gasteiger partial charge in [0.15, 0.2) is 0 Å². The maximum absolute atomic E-state index is 4.55. The molecule has 4 nitrogen and oxygen atoms in total. The molecule has 0 N–H and O–H groups in total. The van der Waals surface area contributed by atoms with Crippen LogP contribution < -0.4 is 9.80 Å². The van der Waals surface area contributed by atoms with Crippen molar-refractivity contribution in [2.75, 3.05) is 9.80 Å². The summed E-state index contributed by atoms with van der Waals surface area (Å²) in [5.74, 6) is 0. The van der Waals surface area contributed by atoms with Gasteiger partial charge in [-0.3, -0.25) is 0 Å². The summed E-state index contributed by atoms with van der Waals surface area (Å²) in [6, 6.07) is 203. The molecular formula is C137H96IrN4S-2. The first kappa shape index (κ1) is 91.8. The van der Waals surface area contributed by atoms with E-state index in [9.17, 15) is 0 Å². The van der Waals surface area contributed by atoms with E-state index in [1.807, 2.05) is 102 Å². The molecule has 681 valence electrons. The Balaban J connectivity index is 0.000000135. The van der Waals surface area contributed by atoms with Crippen molar-refractivity contribution in [3.63, 3.8) is 0 Å². The van der Waals surface area contributed by atoms with Gasteiger partial charge < -0.3 is 19.8 Å². The van der Waals surface area contributed by atoms with Gasteiger partial charge >= 0.3 is 0 Å². The third kappa shape index (κ3) is 20.2. The SMILES string of the molecule is Cc1cc(-c2[c-]cccc2)ncc1-c1ccccc1.[Ir].[c-]1ccccc1-c1ccccn1.c1ccc(-c2ccc(N(c3ccc(-c4ccccc4)cc3)c3ccc(-c4ccc(N(c5ccc(-c6ccccc6)cc5)c5ccc(-c6ccccc6)cc5-c5ccccc5)cc4)cc3)cc2)cc1.c1ccc(-c2cccc3c2sc2c(-c4cccc(-c5ccc6c7ccccc7c7ccccc7c6c5)c4)cccc23)cc1. The Morgan fingerprint density at radius 3 is 0.923 bits per heavy atom. The Kier molecular flexibility index (Phi) is 27.7. The van der Waals surface area contributed by atoms with Crippen LogP contribution in [-0.2, 0) is 20.1 Å². The second-order valence-electron chi connectivity index (χ2n) is 35.3. The van der Waals surface area contributed by atoms with Gasteiger partial charge in [0.2, 0.25) is 0 Å². The first-order valence-electron chi connectivity index (χ1n) is 48.2. The normalized spacial score (nSPS) is 10.9. The molecule has 25 aromatic rings. The van der Waals surface area contributed by atoms with E-state index in [-0.39, 0.29) is 20.1 Å². The molecule has 0 aliphatic rings. The number of hydrogen-bond donors (Lipinski definition) is 0. The van der Waals surface area contributed by atoms with Crippen molar-refractivity contribution in [3.8, 4) is 134 Å². The van der Waals surface area contributed by atoms with Crippen molar-refractivity contribution < 1.29 is 20.1 Å². The molecule has 0 amide bonds.